The van der Waals surface area contributed by atoms with Crippen molar-refractivity contribution in [1.82, 2.24) is 0 Å². The number of ether oxygens (including phenoxy) is 2. The molecule has 0 saturated heterocycles. The smallest absolute Gasteiger partial charge is 0.134 e. The summed E-state index contributed by atoms with van der Waals surface area (Å²) in [6, 6.07) is 1.39. The van der Waals surface area contributed by atoms with Crippen molar-refractivity contribution in [3.63, 3.8) is 0 Å². The van der Waals surface area contributed by atoms with Crippen LogP contribution in [0.5, 0.6) is 0 Å². The molecule has 0 bridgehead atoms. The first-order valence-corrected chi connectivity index (χ1v) is 13.9. The van der Waals surface area contributed by atoms with Crippen molar-refractivity contribution in [3.8, 4) is 0 Å². The molecule has 23 heavy (non-hydrogen) atoms. The Labute approximate surface area is 166 Å². The summed E-state index contributed by atoms with van der Waals surface area (Å²) in [5, 5.41) is 0. The van der Waals surface area contributed by atoms with E-state index in [1.54, 1.807) is 38.9 Å². The zero-order valence-corrected chi connectivity index (χ0v) is 20.9. The molecule has 0 aromatic carbocycles. The van der Waals surface area contributed by atoms with Crippen LogP contribution in [0.25, 0.3) is 0 Å². The predicted octanol–water partition coefficient (Wildman–Crippen LogP) is 1.96. The molecule has 0 atom stereocenters. The summed E-state index contributed by atoms with van der Waals surface area (Å²) in [5.41, 5.74) is 0. The second kappa shape index (κ2) is 18.1. The molecule has 0 amide bonds. The van der Waals surface area contributed by atoms with E-state index in [0.29, 0.717) is 0 Å². The molecule has 0 radical (unpaired) electrons. The minimum Gasteiger partial charge on any atom is -1.00 e. The summed E-state index contributed by atoms with van der Waals surface area (Å²) >= 11 is 0. The van der Waals surface area contributed by atoms with Crippen molar-refractivity contribution < 1.29 is 33.5 Å². The van der Waals surface area contributed by atoms with Gasteiger partial charge in [0.25, 0.3) is 0 Å². The van der Waals surface area contributed by atoms with Crippen molar-refractivity contribution in [3.05, 3.63) is 0 Å². The third-order valence-corrected chi connectivity index (χ3v) is 11.9. The molecule has 0 aliphatic rings. The average molecular weight is 476 g/mol. The van der Waals surface area contributed by atoms with Crippen LogP contribution < -0.4 is 24.0 Å². The van der Waals surface area contributed by atoms with Crippen LogP contribution in [-0.2, 0) is 9.47 Å². The lowest BCUT2D eigenvalue weighted by Gasteiger charge is -2.28. The summed E-state index contributed by atoms with van der Waals surface area (Å²) in [6.45, 7) is 7.05. The highest BCUT2D eigenvalue weighted by Crippen LogP contribution is 2.61. The van der Waals surface area contributed by atoms with Gasteiger partial charge in [-0.15, -0.1) is 0 Å². The van der Waals surface area contributed by atoms with Crippen molar-refractivity contribution in [2.75, 3.05) is 38.9 Å². The largest absolute Gasteiger partial charge is 1.00 e. The maximum absolute atomic E-state index is 5.37. The van der Waals surface area contributed by atoms with Crippen LogP contribution in [-0.4, -0.2) is 54.3 Å². The van der Waals surface area contributed by atoms with Gasteiger partial charge in [0.2, 0.25) is 0 Å². The number of hydrogen-bond donors (Lipinski definition) is 0. The van der Waals surface area contributed by atoms with Crippen LogP contribution in [0, 0.1) is 0 Å². The van der Waals surface area contributed by atoms with Crippen molar-refractivity contribution in [2.24, 2.45) is 0 Å². The maximum Gasteiger partial charge on any atom is 0.134 e. The van der Waals surface area contributed by atoms with E-state index in [1.165, 1.54) is 51.0 Å². The van der Waals surface area contributed by atoms with Gasteiger partial charge in [-0.05, 0) is 25.7 Å². The zero-order valence-electron chi connectivity index (χ0n) is 16.4. The lowest BCUT2D eigenvalue weighted by atomic mass is 10.4. The van der Waals surface area contributed by atoms with Crippen LogP contribution in [0.1, 0.15) is 65.7 Å². The molecule has 0 aromatic heterocycles. The molecule has 0 fully saturated rings. The van der Waals surface area contributed by atoms with Gasteiger partial charge in [-0.2, -0.15) is 0 Å². The monoisotopic (exact) mass is 476 g/mol. The molecule has 0 aromatic rings. The van der Waals surface area contributed by atoms with E-state index in [9.17, 15) is 0 Å². The maximum atomic E-state index is 5.37. The minimum atomic E-state index is -0.682. The topological polar surface area (TPSA) is 18.5 Å². The quantitative estimate of drug-likeness (QED) is 0.112. The molecule has 142 valence electrons. The number of rotatable bonds is 16. The van der Waals surface area contributed by atoms with Gasteiger partial charge in [0, 0.05) is 21.5 Å². The molecule has 0 aliphatic heterocycles. The first kappa shape index (κ1) is 26.5. The SMILES string of the molecule is CCCC[P+](CCCC)(CCCC)CCC[SiH2]C(OC)OC.[I-]. The van der Waals surface area contributed by atoms with Gasteiger partial charge in [-0.25, -0.2) is 0 Å². The van der Waals surface area contributed by atoms with Crippen LogP contribution in [0.4, 0.5) is 0 Å². The Kier molecular flexibility index (Phi) is 20.9. The molecule has 5 heteroatoms. The summed E-state index contributed by atoms with van der Waals surface area (Å²) in [4.78, 5) is 0. The van der Waals surface area contributed by atoms with E-state index >= 15 is 0 Å². The van der Waals surface area contributed by atoms with E-state index < -0.39 is 7.26 Å². The van der Waals surface area contributed by atoms with Gasteiger partial charge in [-0.3, -0.25) is 0 Å². The Hall–Kier alpha value is 1.30. The Morgan fingerprint density at radius 1 is 0.739 bits per heavy atom. The first-order chi connectivity index (χ1) is 10.7. The first-order valence-electron chi connectivity index (χ1n) is 9.58. The summed E-state index contributed by atoms with van der Waals surface area (Å²) in [7, 11) is 2.65. The van der Waals surface area contributed by atoms with E-state index in [-0.39, 0.29) is 39.4 Å². The predicted molar refractivity (Wildman–Crippen MR) is 107 cm³/mol. The molecule has 2 nitrogen and oxygen atoms in total. The Morgan fingerprint density at radius 2 is 1.13 bits per heavy atom. The molecule has 0 rings (SSSR count). The highest BCUT2D eigenvalue weighted by atomic mass is 127. The third kappa shape index (κ3) is 13.2. The second-order valence-corrected chi connectivity index (χ2v) is 13.1. The minimum absolute atomic E-state index is 0. The van der Waals surface area contributed by atoms with Crippen LogP contribution in [0.3, 0.4) is 0 Å². The summed E-state index contributed by atoms with van der Waals surface area (Å²) in [5.74, 6) is 0.134. The van der Waals surface area contributed by atoms with E-state index in [4.69, 9.17) is 9.47 Å². The molecular weight excluding hydrogens is 434 g/mol. The number of halogens is 1. The Bertz CT molecular complexity index is 219. The normalized spacial score (nSPS) is 12.3. The molecule has 0 N–H and O–H groups in total. The zero-order chi connectivity index (χ0) is 16.7. The van der Waals surface area contributed by atoms with Gasteiger partial charge in [0.05, 0.1) is 34.2 Å². The number of methoxy groups -OCH3 is 2. The highest BCUT2D eigenvalue weighted by Gasteiger charge is 2.34. The fourth-order valence-corrected chi connectivity index (χ4v) is 10.2. The van der Waals surface area contributed by atoms with Gasteiger partial charge in [0.1, 0.15) is 5.91 Å². The Balaban J connectivity index is 0. The average Bonchev–Trinajstić information content (AvgIpc) is 2.56. The second-order valence-electron chi connectivity index (χ2n) is 6.69. The van der Waals surface area contributed by atoms with E-state index in [2.05, 4.69) is 20.8 Å². The van der Waals surface area contributed by atoms with E-state index in [1.807, 2.05) is 0 Å². The van der Waals surface area contributed by atoms with Gasteiger partial charge in [0.15, 0.2) is 0 Å². The molecule has 0 spiro atoms. The molecule has 0 unspecified atom stereocenters. The molecular formula is C18H42IO2PSi. The van der Waals surface area contributed by atoms with Crippen LogP contribution in [0.2, 0.25) is 6.04 Å². The Morgan fingerprint density at radius 3 is 1.48 bits per heavy atom. The molecule has 0 aliphatic carbocycles. The standard InChI is InChI=1S/C18H42O2PSi.HI/c1-6-9-13-21(14-10-7-2,15-11-8-3)16-12-17-22-18(19-4)20-5;/h18H,6-17,22H2,1-5H3;1H/q+1;/p-1. The van der Waals surface area contributed by atoms with Crippen molar-refractivity contribution >= 4 is 16.8 Å². The summed E-state index contributed by atoms with van der Waals surface area (Å²) in [6.07, 6.45) is 16.1. The fraction of sp³-hybridized carbons (Fsp3) is 1.00. The summed E-state index contributed by atoms with van der Waals surface area (Å²) < 4.78 is 10.7. The highest BCUT2D eigenvalue weighted by molar-refractivity contribution is 7.75. The fourth-order valence-electron chi connectivity index (χ4n) is 3.24. The van der Waals surface area contributed by atoms with Crippen molar-refractivity contribution in [2.45, 2.75) is 77.7 Å². The molecule has 0 heterocycles. The van der Waals surface area contributed by atoms with Gasteiger partial charge < -0.3 is 33.5 Å². The number of unbranched alkanes of at least 4 members (excludes halogenated alkanes) is 3. The lowest BCUT2D eigenvalue weighted by Crippen LogP contribution is -3.00. The lowest BCUT2D eigenvalue weighted by molar-refractivity contribution is -0.0441. The van der Waals surface area contributed by atoms with Gasteiger partial charge >= 0.3 is 0 Å². The van der Waals surface area contributed by atoms with Gasteiger partial charge in [-0.1, -0.05) is 46.1 Å². The van der Waals surface area contributed by atoms with Crippen LogP contribution >= 0.6 is 7.26 Å². The third-order valence-electron chi connectivity index (χ3n) is 4.81. The van der Waals surface area contributed by atoms with E-state index in [0.717, 1.165) is 0 Å². The molecule has 0 saturated carbocycles. The van der Waals surface area contributed by atoms with Crippen molar-refractivity contribution in [1.29, 1.82) is 0 Å². The van der Waals surface area contributed by atoms with Crippen LogP contribution in [0.15, 0.2) is 0 Å². The number of hydrogen-bond acceptors (Lipinski definition) is 2.